The lowest BCUT2D eigenvalue weighted by molar-refractivity contribution is -0.137. The van der Waals surface area contributed by atoms with Crippen molar-refractivity contribution in [3.05, 3.63) is 53.3 Å². The maximum absolute atomic E-state index is 12.8. The number of benzene rings is 1. The molecule has 0 saturated carbocycles. The molecule has 0 aliphatic rings. The third-order valence-corrected chi connectivity index (χ3v) is 2.88. The molecule has 0 radical (unpaired) electrons. The van der Waals surface area contributed by atoms with Crippen LogP contribution < -0.4 is 10.6 Å². The number of alkyl halides is 3. The first-order valence-corrected chi connectivity index (χ1v) is 6.06. The van der Waals surface area contributed by atoms with Crippen molar-refractivity contribution in [1.82, 2.24) is 4.98 Å². The zero-order valence-electron chi connectivity index (χ0n) is 11.2. The third-order valence-electron chi connectivity index (χ3n) is 2.88. The highest BCUT2D eigenvalue weighted by molar-refractivity contribution is 5.49. The summed E-state index contributed by atoms with van der Waals surface area (Å²) in [7, 11) is 1.59. The van der Waals surface area contributed by atoms with Crippen LogP contribution in [0.5, 0.6) is 0 Å². The van der Waals surface area contributed by atoms with Crippen LogP contribution in [0.3, 0.4) is 0 Å². The molecule has 112 valence electrons. The summed E-state index contributed by atoms with van der Waals surface area (Å²) >= 11 is 0. The molecule has 2 aromatic rings. The molecule has 1 aromatic carbocycles. The minimum Gasteiger partial charge on any atom is -0.384 e. The van der Waals surface area contributed by atoms with Crippen molar-refractivity contribution in [2.24, 2.45) is 0 Å². The van der Waals surface area contributed by atoms with Crippen LogP contribution in [-0.2, 0) is 12.7 Å². The molecule has 1 aromatic heterocycles. The van der Waals surface area contributed by atoms with Crippen LogP contribution in [0, 0.1) is 5.82 Å². The van der Waals surface area contributed by atoms with Crippen molar-refractivity contribution in [3.63, 3.8) is 0 Å². The molecule has 2 rings (SSSR count). The average Bonchev–Trinajstić information content (AvgIpc) is 2.39. The second-order valence-corrected chi connectivity index (χ2v) is 4.62. The molecule has 0 aliphatic carbocycles. The van der Waals surface area contributed by atoms with E-state index in [1.165, 1.54) is 17.0 Å². The van der Waals surface area contributed by atoms with Gasteiger partial charge in [-0.25, -0.2) is 9.37 Å². The van der Waals surface area contributed by atoms with E-state index in [1.807, 2.05) is 0 Å². The molecule has 3 nitrogen and oxygen atoms in total. The summed E-state index contributed by atoms with van der Waals surface area (Å²) in [6, 6.07) is 7.41. The lowest BCUT2D eigenvalue weighted by atomic mass is 10.2. The number of nitrogen functional groups attached to an aromatic ring is 1. The fraction of sp³-hybridized carbons (Fsp3) is 0.214. The molecule has 7 heteroatoms. The van der Waals surface area contributed by atoms with Gasteiger partial charge in [0.15, 0.2) is 0 Å². The summed E-state index contributed by atoms with van der Waals surface area (Å²) in [6.45, 7) is 0.286. The summed E-state index contributed by atoms with van der Waals surface area (Å²) in [5.41, 5.74) is 5.32. The van der Waals surface area contributed by atoms with Gasteiger partial charge in [-0.05, 0) is 29.8 Å². The Morgan fingerprint density at radius 1 is 1.14 bits per heavy atom. The monoisotopic (exact) mass is 299 g/mol. The van der Waals surface area contributed by atoms with Gasteiger partial charge in [0, 0.05) is 13.6 Å². The van der Waals surface area contributed by atoms with Crippen molar-refractivity contribution in [3.8, 4) is 0 Å². The number of anilines is 2. The van der Waals surface area contributed by atoms with Crippen molar-refractivity contribution in [2.45, 2.75) is 12.7 Å². The van der Waals surface area contributed by atoms with Crippen LogP contribution in [0.2, 0.25) is 0 Å². The molecule has 2 N–H and O–H groups in total. The van der Waals surface area contributed by atoms with Gasteiger partial charge in [-0.1, -0.05) is 12.1 Å². The highest BCUT2D eigenvalue weighted by Crippen LogP contribution is 2.32. The fourth-order valence-corrected chi connectivity index (χ4v) is 1.84. The van der Waals surface area contributed by atoms with E-state index < -0.39 is 11.7 Å². The minimum atomic E-state index is -4.48. The first-order chi connectivity index (χ1) is 9.75. The highest BCUT2D eigenvalue weighted by atomic mass is 19.4. The van der Waals surface area contributed by atoms with E-state index in [0.29, 0.717) is 0 Å². The molecule has 0 aliphatic heterocycles. The Hall–Kier alpha value is -2.31. The van der Waals surface area contributed by atoms with E-state index >= 15 is 0 Å². The van der Waals surface area contributed by atoms with Gasteiger partial charge < -0.3 is 10.6 Å². The first kappa shape index (κ1) is 15.1. The highest BCUT2D eigenvalue weighted by Gasteiger charge is 2.31. The van der Waals surface area contributed by atoms with Crippen molar-refractivity contribution >= 4 is 11.6 Å². The zero-order valence-corrected chi connectivity index (χ0v) is 11.2. The first-order valence-electron chi connectivity index (χ1n) is 6.06. The second kappa shape index (κ2) is 5.59. The van der Waals surface area contributed by atoms with E-state index in [4.69, 9.17) is 5.73 Å². The minimum absolute atomic E-state index is 0.103. The number of hydrogen-bond acceptors (Lipinski definition) is 3. The fourth-order valence-electron chi connectivity index (χ4n) is 1.84. The number of nitrogens with zero attached hydrogens (tertiary/aromatic N) is 2. The van der Waals surface area contributed by atoms with Crippen molar-refractivity contribution in [1.29, 1.82) is 0 Å². The largest absolute Gasteiger partial charge is 0.416 e. The van der Waals surface area contributed by atoms with Gasteiger partial charge in [-0.3, -0.25) is 0 Å². The van der Waals surface area contributed by atoms with Crippen LogP contribution in [0.1, 0.15) is 11.1 Å². The molecule has 0 atom stereocenters. The normalized spacial score (nSPS) is 11.5. The maximum atomic E-state index is 12.8. The van der Waals surface area contributed by atoms with Crippen LogP contribution in [-0.4, -0.2) is 12.0 Å². The van der Waals surface area contributed by atoms with E-state index in [2.05, 4.69) is 4.98 Å². The Morgan fingerprint density at radius 2 is 1.76 bits per heavy atom. The van der Waals surface area contributed by atoms with Gasteiger partial charge in [-0.15, -0.1) is 0 Å². The van der Waals surface area contributed by atoms with Gasteiger partial charge in [0.05, 0.1) is 5.56 Å². The number of hydrogen-bond donors (Lipinski definition) is 1. The molecular weight excluding hydrogens is 286 g/mol. The number of rotatable bonds is 3. The summed E-state index contributed by atoms with van der Waals surface area (Å²) < 4.78 is 51.0. The smallest absolute Gasteiger partial charge is 0.384 e. The standard InChI is InChI=1S/C14H13F4N3/c1-21(8-9-2-4-11(15)5-3-9)13-7-10(14(16,17)18)6-12(19)20-13/h2-7H,8H2,1H3,(H2,19,20). The molecule has 21 heavy (non-hydrogen) atoms. The van der Waals surface area contributed by atoms with E-state index in [0.717, 1.165) is 17.7 Å². The number of pyridine rings is 1. The predicted molar refractivity (Wildman–Crippen MR) is 72.2 cm³/mol. The Balaban J connectivity index is 2.24. The number of aromatic nitrogens is 1. The SMILES string of the molecule is CN(Cc1ccc(F)cc1)c1cc(C(F)(F)F)cc(N)n1. The van der Waals surface area contributed by atoms with Crippen molar-refractivity contribution < 1.29 is 17.6 Å². The quantitative estimate of drug-likeness (QED) is 0.883. The summed E-state index contributed by atoms with van der Waals surface area (Å²) in [6.07, 6.45) is -4.48. The summed E-state index contributed by atoms with van der Waals surface area (Å²) in [5, 5.41) is 0. The van der Waals surface area contributed by atoms with Gasteiger partial charge in [0.2, 0.25) is 0 Å². The number of nitrogens with two attached hydrogens (primary N) is 1. The van der Waals surface area contributed by atoms with Crippen LogP contribution in [0.25, 0.3) is 0 Å². The molecule has 0 unspecified atom stereocenters. The Bertz CT molecular complexity index is 623. The molecule has 0 fully saturated rings. The summed E-state index contributed by atoms with van der Waals surface area (Å²) in [4.78, 5) is 5.40. The summed E-state index contributed by atoms with van der Waals surface area (Å²) in [5.74, 6) is -0.472. The van der Waals surface area contributed by atoms with Gasteiger partial charge >= 0.3 is 6.18 Å². The van der Waals surface area contributed by atoms with Gasteiger partial charge in [-0.2, -0.15) is 13.2 Å². The Labute approximate surface area is 119 Å². The topological polar surface area (TPSA) is 42.1 Å². The van der Waals surface area contributed by atoms with Crippen molar-refractivity contribution in [2.75, 3.05) is 17.7 Å². The molecule has 0 spiro atoms. The lowest BCUT2D eigenvalue weighted by Crippen LogP contribution is -2.19. The zero-order chi connectivity index (χ0) is 15.6. The van der Waals surface area contributed by atoms with Crippen LogP contribution in [0.4, 0.5) is 29.2 Å². The molecule has 0 saturated heterocycles. The second-order valence-electron chi connectivity index (χ2n) is 4.62. The van der Waals surface area contributed by atoms with E-state index in [-0.39, 0.29) is 24.0 Å². The maximum Gasteiger partial charge on any atom is 0.416 e. The van der Waals surface area contributed by atoms with Gasteiger partial charge in [0.1, 0.15) is 17.5 Å². The molecule has 0 bridgehead atoms. The van der Waals surface area contributed by atoms with Gasteiger partial charge in [0.25, 0.3) is 0 Å². The Morgan fingerprint density at radius 3 is 2.33 bits per heavy atom. The number of halogens is 4. The van der Waals surface area contributed by atoms with E-state index in [9.17, 15) is 17.6 Å². The molecule has 0 amide bonds. The van der Waals surface area contributed by atoms with Crippen LogP contribution >= 0.6 is 0 Å². The molecule has 1 heterocycles. The average molecular weight is 299 g/mol. The van der Waals surface area contributed by atoms with E-state index in [1.54, 1.807) is 19.2 Å². The third kappa shape index (κ3) is 3.84. The Kier molecular flexibility index (Phi) is 4.02. The predicted octanol–water partition coefficient (Wildman–Crippen LogP) is 3.46. The van der Waals surface area contributed by atoms with Crippen LogP contribution in [0.15, 0.2) is 36.4 Å². The molecular formula is C14H13F4N3. The lowest BCUT2D eigenvalue weighted by Gasteiger charge is -2.20.